The number of fused-ring (bicyclic) bond motifs is 1. The van der Waals surface area contributed by atoms with Crippen LogP contribution in [-0.4, -0.2) is 24.3 Å². The van der Waals surface area contributed by atoms with E-state index in [1.807, 2.05) is 0 Å². The Labute approximate surface area is 123 Å². The molecular weight excluding hydrogens is 294 g/mol. The molecule has 3 rings (SSSR count). The highest BCUT2D eigenvalue weighted by Gasteiger charge is 2.15. The monoisotopic (exact) mass is 306 g/mol. The van der Waals surface area contributed by atoms with Crippen molar-refractivity contribution < 1.29 is 13.9 Å². The van der Waals surface area contributed by atoms with Crippen LogP contribution in [-0.2, 0) is 6.54 Å². The van der Waals surface area contributed by atoms with E-state index >= 15 is 0 Å². The first-order valence-corrected chi connectivity index (χ1v) is 6.50. The Morgan fingerprint density at radius 2 is 2.05 bits per heavy atom. The van der Waals surface area contributed by atoms with Gasteiger partial charge < -0.3 is 9.67 Å². The summed E-state index contributed by atoms with van der Waals surface area (Å²) in [6.07, 6.45) is 0.146. The third-order valence-corrected chi connectivity index (χ3v) is 3.42. The van der Waals surface area contributed by atoms with E-state index in [1.165, 1.54) is 18.5 Å². The minimum Gasteiger partial charge on any atom is -0.387 e. The molecule has 8 heteroatoms. The van der Waals surface area contributed by atoms with Gasteiger partial charge in [-0.3, -0.25) is 4.79 Å². The molecular formula is C14H12F2N4O2. The smallest absolute Gasteiger partial charge is 0.275 e. The quantitative estimate of drug-likeness (QED) is 0.789. The highest BCUT2D eigenvalue weighted by atomic mass is 19.2. The summed E-state index contributed by atoms with van der Waals surface area (Å²) in [7, 11) is 0. The summed E-state index contributed by atoms with van der Waals surface area (Å²) >= 11 is 0. The van der Waals surface area contributed by atoms with E-state index in [0.717, 1.165) is 16.6 Å². The van der Waals surface area contributed by atoms with Crippen molar-refractivity contribution in [3.63, 3.8) is 0 Å². The minimum atomic E-state index is -1.09. The van der Waals surface area contributed by atoms with Crippen LogP contribution in [0.4, 0.5) is 8.78 Å². The number of aryl methyl sites for hydroxylation is 1. The van der Waals surface area contributed by atoms with Crippen LogP contribution in [0.15, 0.2) is 35.4 Å². The molecule has 1 atom stereocenters. The van der Waals surface area contributed by atoms with Crippen LogP contribution in [0, 0.1) is 18.6 Å². The highest BCUT2D eigenvalue weighted by molar-refractivity contribution is 5.30. The number of hydrogen-bond donors (Lipinski definition) is 1. The van der Waals surface area contributed by atoms with E-state index in [2.05, 4.69) is 10.1 Å². The molecule has 1 unspecified atom stereocenters. The zero-order chi connectivity index (χ0) is 15.9. The number of aliphatic hydroxyl groups is 1. The number of nitrogens with zero attached hydrogens (tertiary/aromatic N) is 4. The zero-order valence-electron chi connectivity index (χ0n) is 11.6. The van der Waals surface area contributed by atoms with Crippen LogP contribution in [0.5, 0.6) is 0 Å². The van der Waals surface area contributed by atoms with Crippen molar-refractivity contribution in [3.8, 4) is 0 Å². The van der Waals surface area contributed by atoms with Crippen LogP contribution < -0.4 is 5.56 Å². The lowest BCUT2D eigenvalue weighted by Gasteiger charge is -2.16. The molecule has 0 fully saturated rings. The van der Waals surface area contributed by atoms with Gasteiger partial charge in [0.15, 0.2) is 11.6 Å². The Kier molecular flexibility index (Phi) is 3.45. The van der Waals surface area contributed by atoms with Gasteiger partial charge in [-0.1, -0.05) is 6.07 Å². The van der Waals surface area contributed by atoms with Crippen LogP contribution in [0.25, 0.3) is 5.78 Å². The number of aromatic nitrogens is 4. The fourth-order valence-electron chi connectivity index (χ4n) is 2.27. The van der Waals surface area contributed by atoms with Gasteiger partial charge in [0.1, 0.15) is 6.33 Å². The third-order valence-electron chi connectivity index (χ3n) is 3.42. The van der Waals surface area contributed by atoms with Gasteiger partial charge >= 0.3 is 0 Å². The Balaban J connectivity index is 2.00. The Morgan fingerprint density at radius 1 is 1.27 bits per heavy atom. The van der Waals surface area contributed by atoms with Crippen molar-refractivity contribution in [2.24, 2.45) is 0 Å². The molecule has 0 aliphatic rings. The molecule has 0 bridgehead atoms. The average molecular weight is 306 g/mol. The maximum Gasteiger partial charge on any atom is 0.275 e. The first-order chi connectivity index (χ1) is 10.5. The number of hydrogen-bond acceptors (Lipinski definition) is 4. The maximum absolute atomic E-state index is 13.3. The summed E-state index contributed by atoms with van der Waals surface area (Å²) in [4.78, 5) is 15.7. The van der Waals surface area contributed by atoms with Crippen LogP contribution >= 0.6 is 0 Å². The molecule has 1 aromatic carbocycles. The van der Waals surface area contributed by atoms with E-state index in [1.54, 1.807) is 11.5 Å². The molecule has 0 radical (unpaired) electrons. The predicted molar refractivity (Wildman–Crippen MR) is 73.3 cm³/mol. The van der Waals surface area contributed by atoms with E-state index in [0.29, 0.717) is 5.69 Å². The summed E-state index contributed by atoms with van der Waals surface area (Å²) in [5.41, 5.74) is 0.477. The second-order valence-corrected chi connectivity index (χ2v) is 4.90. The molecule has 3 aromatic rings. The fraction of sp³-hybridized carbons (Fsp3) is 0.214. The number of halogens is 2. The van der Waals surface area contributed by atoms with Crippen LogP contribution in [0.2, 0.25) is 0 Å². The van der Waals surface area contributed by atoms with E-state index in [-0.39, 0.29) is 23.4 Å². The van der Waals surface area contributed by atoms with Crippen molar-refractivity contribution in [1.29, 1.82) is 0 Å². The average Bonchev–Trinajstić information content (AvgIpc) is 2.96. The Morgan fingerprint density at radius 3 is 2.77 bits per heavy atom. The number of benzene rings is 1. The highest BCUT2D eigenvalue weighted by Crippen LogP contribution is 2.19. The van der Waals surface area contributed by atoms with Crippen molar-refractivity contribution >= 4 is 5.78 Å². The summed E-state index contributed by atoms with van der Waals surface area (Å²) < 4.78 is 28.9. The molecule has 2 aromatic heterocycles. The molecule has 6 nitrogen and oxygen atoms in total. The van der Waals surface area contributed by atoms with Gasteiger partial charge in [0, 0.05) is 11.8 Å². The van der Waals surface area contributed by atoms with Crippen molar-refractivity contribution in [2.75, 3.05) is 0 Å². The lowest BCUT2D eigenvalue weighted by molar-refractivity contribution is 0.155. The lowest BCUT2D eigenvalue weighted by Crippen LogP contribution is -2.22. The molecule has 22 heavy (non-hydrogen) atoms. The molecule has 1 N–H and O–H groups in total. The molecule has 0 saturated carbocycles. The van der Waals surface area contributed by atoms with E-state index in [9.17, 15) is 18.7 Å². The lowest BCUT2D eigenvalue weighted by atomic mass is 10.1. The number of rotatable bonds is 3. The fourth-order valence-corrected chi connectivity index (χ4v) is 2.27. The van der Waals surface area contributed by atoms with Gasteiger partial charge in [-0.15, -0.1) is 0 Å². The largest absolute Gasteiger partial charge is 0.387 e. The Bertz CT molecular complexity index is 903. The van der Waals surface area contributed by atoms with Crippen molar-refractivity contribution in [2.45, 2.75) is 19.6 Å². The maximum atomic E-state index is 13.3. The zero-order valence-corrected chi connectivity index (χ0v) is 11.6. The molecule has 0 aliphatic heterocycles. The SMILES string of the molecule is Cc1cc(=O)n2ncnc2n1CC(O)c1ccc(F)c(F)c1. The number of aliphatic hydroxyl groups excluding tert-OH is 1. The molecule has 0 spiro atoms. The molecule has 0 aliphatic carbocycles. The summed E-state index contributed by atoms with van der Waals surface area (Å²) in [6, 6.07) is 4.57. The standard InChI is InChI=1S/C14H12F2N4O2/c1-8-4-13(22)20-14(17-7-18-20)19(8)6-12(21)9-2-3-10(15)11(16)5-9/h2-5,7,12,21H,6H2,1H3. The summed E-state index contributed by atoms with van der Waals surface area (Å²) in [6.45, 7) is 1.72. The molecule has 114 valence electrons. The van der Waals surface area contributed by atoms with Crippen LogP contribution in [0.3, 0.4) is 0 Å². The predicted octanol–water partition coefficient (Wildman–Crippen LogP) is 1.21. The van der Waals surface area contributed by atoms with Crippen LogP contribution in [0.1, 0.15) is 17.4 Å². The molecule has 2 heterocycles. The van der Waals surface area contributed by atoms with Gasteiger partial charge in [-0.25, -0.2) is 8.78 Å². The van der Waals surface area contributed by atoms with Gasteiger partial charge in [0.2, 0.25) is 5.78 Å². The molecule has 0 saturated heterocycles. The molecule has 0 amide bonds. The second kappa shape index (κ2) is 5.30. The normalized spacial score (nSPS) is 12.7. The van der Waals surface area contributed by atoms with Crippen molar-refractivity contribution in [1.82, 2.24) is 19.2 Å². The Hall–Kier alpha value is -2.61. The summed E-state index contributed by atoms with van der Waals surface area (Å²) in [5, 5.41) is 14.0. The van der Waals surface area contributed by atoms with Crippen molar-refractivity contribution in [3.05, 3.63) is 63.8 Å². The van der Waals surface area contributed by atoms with Gasteiger partial charge in [0.05, 0.1) is 12.6 Å². The topological polar surface area (TPSA) is 72.4 Å². The van der Waals surface area contributed by atoms with E-state index in [4.69, 9.17) is 0 Å². The second-order valence-electron chi connectivity index (χ2n) is 4.90. The first-order valence-electron chi connectivity index (χ1n) is 6.50. The first kappa shape index (κ1) is 14.3. The van der Waals surface area contributed by atoms with Gasteiger partial charge in [-0.2, -0.15) is 14.6 Å². The minimum absolute atomic E-state index is 0.0272. The van der Waals surface area contributed by atoms with Gasteiger partial charge in [0.25, 0.3) is 5.56 Å². The third kappa shape index (κ3) is 2.37. The van der Waals surface area contributed by atoms with E-state index < -0.39 is 17.7 Å². The van der Waals surface area contributed by atoms with Gasteiger partial charge in [-0.05, 0) is 24.6 Å². The summed E-state index contributed by atoms with van der Waals surface area (Å²) in [5.74, 6) is -1.73.